The van der Waals surface area contributed by atoms with E-state index in [1.165, 1.54) is 18.6 Å². The average Bonchev–Trinajstić information content (AvgIpc) is 2.70. The maximum atomic E-state index is 12.4. The van der Waals surface area contributed by atoms with E-state index >= 15 is 0 Å². The number of pyridine rings is 2. The number of benzene rings is 1. The van der Waals surface area contributed by atoms with Crippen molar-refractivity contribution in [1.29, 1.82) is 0 Å². The minimum Gasteiger partial charge on any atom is -0.480 e. The first-order chi connectivity index (χ1) is 14.3. The van der Waals surface area contributed by atoms with Crippen molar-refractivity contribution in [3.8, 4) is 0 Å². The number of aliphatic carboxylic acids is 1. The van der Waals surface area contributed by atoms with Crippen molar-refractivity contribution in [3.63, 3.8) is 0 Å². The molecule has 2 heterocycles. The number of rotatable bonds is 7. The Labute approximate surface area is 187 Å². The first-order valence-corrected chi connectivity index (χ1v) is 9.77. The molecule has 0 radical (unpaired) electrons. The summed E-state index contributed by atoms with van der Waals surface area (Å²) in [6, 6.07) is 9.09. The van der Waals surface area contributed by atoms with Gasteiger partial charge < -0.3 is 15.7 Å². The van der Waals surface area contributed by atoms with Crippen LogP contribution in [0.1, 0.15) is 15.9 Å². The summed E-state index contributed by atoms with van der Waals surface area (Å²) in [5, 5.41) is 15.8. The third-order valence-corrected chi connectivity index (χ3v) is 4.88. The molecule has 0 spiro atoms. The normalized spacial score (nSPS) is 11.6. The Kier molecular flexibility index (Phi) is 7.10. The number of aromatic nitrogens is 2. The van der Waals surface area contributed by atoms with E-state index in [2.05, 4.69) is 20.6 Å². The van der Waals surface area contributed by atoms with Crippen molar-refractivity contribution in [2.24, 2.45) is 0 Å². The molecule has 0 bridgehead atoms. The van der Waals surface area contributed by atoms with E-state index in [4.69, 9.17) is 34.8 Å². The fourth-order valence-corrected chi connectivity index (χ4v) is 3.27. The Morgan fingerprint density at radius 1 is 0.967 bits per heavy atom. The van der Waals surface area contributed by atoms with Crippen molar-refractivity contribution in [2.75, 3.05) is 10.6 Å². The predicted octanol–water partition coefficient (Wildman–Crippen LogP) is 4.80. The Hall–Kier alpha value is -2.87. The standard InChI is InChI=1S/C20H15Cl3N4O3/c21-12-3-6-17(25-8-12)27-16(20(29)30)7-11-1-4-13(5-2-11)26-19(28)18-14(22)9-24-10-15(18)23/h1-6,8-10,16H,7H2,(H,25,27)(H,26,28)(H,29,30)/t16-/m0/s1. The highest BCUT2D eigenvalue weighted by Crippen LogP contribution is 2.24. The molecule has 1 atom stereocenters. The third kappa shape index (κ3) is 5.60. The van der Waals surface area contributed by atoms with Crippen molar-refractivity contribution in [1.82, 2.24) is 9.97 Å². The summed E-state index contributed by atoms with van der Waals surface area (Å²) in [5.41, 5.74) is 1.39. The molecule has 0 saturated carbocycles. The van der Waals surface area contributed by atoms with Gasteiger partial charge in [-0.25, -0.2) is 9.78 Å². The summed E-state index contributed by atoms with van der Waals surface area (Å²) in [6.07, 6.45) is 4.30. The number of carboxylic acids is 1. The van der Waals surface area contributed by atoms with Crippen LogP contribution in [0, 0.1) is 0 Å². The Morgan fingerprint density at radius 2 is 1.63 bits per heavy atom. The van der Waals surface area contributed by atoms with E-state index in [0.29, 0.717) is 16.5 Å². The SMILES string of the molecule is O=C(Nc1ccc(C[C@H](Nc2ccc(Cl)cn2)C(=O)O)cc1)c1c(Cl)cncc1Cl. The molecule has 0 aliphatic rings. The van der Waals surface area contributed by atoms with Crippen LogP contribution in [0.4, 0.5) is 11.5 Å². The van der Waals surface area contributed by atoms with E-state index in [-0.39, 0.29) is 22.0 Å². The highest BCUT2D eigenvalue weighted by molar-refractivity contribution is 6.40. The summed E-state index contributed by atoms with van der Waals surface area (Å²) < 4.78 is 0. The molecule has 2 aromatic heterocycles. The van der Waals surface area contributed by atoms with Gasteiger partial charge in [0, 0.05) is 30.7 Å². The second kappa shape index (κ2) is 9.75. The second-order valence-corrected chi connectivity index (χ2v) is 7.48. The Balaban J connectivity index is 1.67. The Bertz CT molecular complexity index is 1040. The zero-order valence-corrected chi connectivity index (χ0v) is 17.5. The van der Waals surface area contributed by atoms with Crippen LogP contribution in [0.3, 0.4) is 0 Å². The van der Waals surface area contributed by atoms with Gasteiger partial charge in [0.15, 0.2) is 0 Å². The molecular weight excluding hydrogens is 451 g/mol. The van der Waals surface area contributed by atoms with Gasteiger partial charge in [-0.15, -0.1) is 0 Å². The summed E-state index contributed by atoms with van der Waals surface area (Å²) in [7, 11) is 0. The van der Waals surface area contributed by atoms with E-state index in [1.807, 2.05) is 0 Å². The van der Waals surface area contributed by atoms with Gasteiger partial charge in [0.25, 0.3) is 5.91 Å². The predicted molar refractivity (Wildman–Crippen MR) is 117 cm³/mol. The maximum absolute atomic E-state index is 12.4. The number of halogens is 3. The number of amides is 1. The molecule has 10 heteroatoms. The zero-order valence-electron chi connectivity index (χ0n) is 15.3. The second-order valence-electron chi connectivity index (χ2n) is 6.23. The van der Waals surface area contributed by atoms with Gasteiger partial charge in [-0.05, 0) is 29.8 Å². The number of carboxylic acid groups (broad SMARTS) is 1. The highest BCUT2D eigenvalue weighted by Gasteiger charge is 2.19. The van der Waals surface area contributed by atoms with Crippen LogP contribution >= 0.6 is 34.8 Å². The van der Waals surface area contributed by atoms with Gasteiger partial charge in [0.2, 0.25) is 0 Å². The van der Waals surface area contributed by atoms with E-state index < -0.39 is 17.9 Å². The summed E-state index contributed by atoms with van der Waals surface area (Å²) in [4.78, 5) is 31.9. The smallest absolute Gasteiger partial charge is 0.326 e. The number of anilines is 2. The molecule has 0 fully saturated rings. The zero-order chi connectivity index (χ0) is 21.7. The lowest BCUT2D eigenvalue weighted by Gasteiger charge is -2.15. The molecule has 3 aromatic rings. The van der Waals surface area contributed by atoms with Gasteiger partial charge >= 0.3 is 5.97 Å². The molecule has 154 valence electrons. The van der Waals surface area contributed by atoms with Crippen molar-refractivity contribution < 1.29 is 14.7 Å². The van der Waals surface area contributed by atoms with Gasteiger partial charge in [0.1, 0.15) is 11.9 Å². The van der Waals surface area contributed by atoms with Crippen LogP contribution in [-0.2, 0) is 11.2 Å². The number of nitrogens with zero attached hydrogens (tertiary/aromatic N) is 2. The number of carbonyl (C=O) groups is 2. The lowest BCUT2D eigenvalue weighted by atomic mass is 10.1. The van der Waals surface area contributed by atoms with Crippen molar-refractivity contribution >= 4 is 58.2 Å². The maximum Gasteiger partial charge on any atom is 0.326 e. The lowest BCUT2D eigenvalue weighted by Crippen LogP contribution is -2.31. The number of hydrogen-bond acceptors (Lipinski definition) is 5. The first-order valence-electron chi connectivity index (χ1n) is 8.63. The molecule has 3 rings (SSSR count). The topological polar surface area (TPSA) is 104 Å². The van der Waals surface area contributed by atoms with Crippen LogP contribution in [0.15, 0.2) is 55.0 Å². The average molecular weight is 466 g/mol. The molecule has 0 unspecified atom stereocenters. The van der Waals surface area contributed by atoms with Crippen LogP contribution in [0.5, 0.6) is 0 Å². The molecular formula is C20H15Cl3N4O3. The van der Waals surface area contributed by atoms with Crippen LogP contribution in [0.2, 0.25) is 15.1 Å². The third-order valence-electron chi connectivity index (χ3n) is 4.08. The fourth-order valence-electron chi connectivity index (χ4n) is 2.62. The van der Waals surface area contributed by atoms with Gasteiger partial charge in [-0.3, -0.25) is 9.78 Å². The summed E-state index contributed by atoms with van der Waals surface area (Å²) >= 11 is 17.8. The largest absolute Gasteiger partial charge is 0.480 e. The molecule has 0 aliphatic carbocycles. The lowest BCUT2D eigenvalue weighted by molar-refractivity contribution is -0.137. The van der Waals surface area contributed by atoms with Gasteiger partial charge in [-0.1, -0.05) is 46.9 Å². The van der Waals surface area contributed by atoms with Gasteiger partial charge in [0.05, 0.1) is 20.6 Å². The quantitative estimate of drug-likeness (QED) is 0.463. The fraction of sp³-hybridized carbons (Fsp3) is 0.100. The molecule has 3 N–H and O–H groups in total. The monoisotopic (exact) mass is 464 g/mol. The Morgan fingerprint density at radius 3 is 2.20 bits per heavy atom. The molecule has 1 aromatic carbocycles. The van der Waals surface area contributed by atoms with E-state index in [0.717, 1.165) is 5.56 Å². The van der Waals surface area contributed by atoms with E-state index in [9.17, 15) is 14.7 Å². The summed E-state index contributed by atoms with van der Waals surface area (Å²) in [6.45, 7) is 0. The van der Waals surface area contributed by atoms with Gasteiger partial charge in [-0.2, -0.15) is 0 Å². The van der Waals surface area contributed by atoms with Crippen LogP contribution < -0.4 is 10.6 Å². The van der Waals surface area contributed by atoms with Crippen molar-refractivity contribution in [3.05, 3.63) is 81.2 Å². The summed E-state index contributed by atoms with van der Waals surface area (Å²) in [5.74, 6) is -1.09. The van der Waals surface area contributed by atoms with Crippen LogP contribution in [0.25, 0.3) is 0 Å². The molecule has 0 saturated heterocycles. The molecule has 30 heavy (non-hydrogen) atoms. The first kappa shape index (κ1) is 21.8. The number of carbonyl (C=O) groups excluding carboxylic acids is 1. The van der Waals surface area contributed by atoms with Crippen molar-refractivity contribution in [2.45, 2.75) is 12.5 Å². The minimum atomic E-state index is -1.02. The minimum absolute atomic E-state index is 0.128. The van der Waals surface area contributed by atoms with Crippen LogP contribution in [-0.4, -0.2) is 33.0 Å². The highest BCUT2D eigenvalue weighted by atomic mass is 35.5. The van der Waals surface area contributed by atoms with E-state index in [1.54, 1.807) is 36.4 Å². The number of hydrogen-bond donors (Lipinski definition) is 3. The molecule has 0 aliphatic heterocycles. The number of nitrogens with one attached hydrogen (secondary N) is 2. The molecule has 7 nitrogen and oxygen atoms in total. The molecule has 1 amide bonds.